The van der Waals surface area contributed by atoms with Gasteiger partial charge in [0.15, 0.2) is 0 Å². The standard InChI is InChI=1S/C12H13BrFN/c1-3-4-5-6-15-12-8-11(14)10(13)7-9(12)2/h1,7-8,15H,4-6H2,2H3. The highest BCUT2D eigenvalue weighted by atomic mass is 79.9. The van der Waals surface area contributed by atoms with Crippen molar-refractivity contribution in [2.45, 2.75) is 19.8 Å². The Morgan fingerprint density at radius 2 is 2.27 bits per heavy atom. The van der Waals surface area contributed by atoms with E-state index in [1.54, 1.807) is 6.07 Å². The number of terminal acetylenes is 1. The van der Waals surface area contributed by atoms with Gasteiger partial charge in [-0.15, -0.1) is 12.3 Å². The van der Waals surface area contributed by atoms with Crippen LogP contribution in [0.3, 0.4) is 0 Å². The predicted octanol–water partition coefficient (Wildman–Crippen LogP) is 3.72. The van der Waals surface area contributed by atoms with E-state index in [0.29, 0.717) is 4.47 Å². The Morgan fingerprint density at radius 1 is 1.53 bits per heavy atom. The Bertz CT molecular complexity index is 382. The van der Waals surface area contributed by atoms with Crippen LogP contribution in [0.2, 0.25) is 0 Å². The molecule has 0 aliphatic carbocycles. The molecule has 0 radical (unpaired) electrons. The molecule has 3 heteroatoms. The lowest BCUT2D eigenvalue weighted by Gasteiger charge is -2.09. The summed E-state index contributed by atoms with van der Waals surface area (Å²) in [4.78, 5) is 0. The molecule has 1 N–H and O–H groups in total. The van der Waals surface area contributed by atoms with Crippen molar-refractivity contribution >= 4 is 21.6 Å². The molecule has 0 spiro atoms. The molecule has 0 bridgehead atoms. The third-order valence-corrected chi connectivity index (χ3v) is 2.69. The molecule has 15 heavy (non-hydrogen) atoms. The van der Waals surface area contributed by atoms with Crippen LogP contribution in [-0.4, -0.2) is 6.54 Å². The van der Waals surface area contributed by atoms with E-state index in [0.717, 1.165) is 30.6 Å². The van der Waals surface area contributed by atoms with Crippen molar-refractivity contribution in [3.05, 3.63) is 28.0 Å². The molecule has 80 valence electrons. The van der Waals surface area contributed by atoms with Crippen molar-refractivity contribution in [2.24, 2.45) is 0 Å². The van der Waals surface area contributed by atoms with Gasteiger partial charge in [-0.25, -0.2) is 4.39 Å². The average molecular weight is 270 g/mol. The van der Waals surface area contributed by atoms with Crippen molar-refractivity contribution < 1.29 is 4.39 Å². The van der Waals surface area contributed by atoms with Crippen LogP contribution in [0.4, 0.5) is 10.1 Å². The van der Waals surface area contributed by atoms with Crippen LogP contribution < -0.4 is 5.32 Å². The lowest BCUT2D eigenvalue weighted by Crippen LogP contribution is -2.03. The van der Waals surface area contributed by atoms with Crippen molar-refractivity contribution in [3.63, 3.8) is 0 Å². The van der Waals surface area contributed by atoms with Crippen LogP contribution in [0.15, 0.2) is 16.6 Å². The molecular formula is C12H13BrFN. The van der Waals surface area contributed by atoms with Crippen LogP contribution in [0.1, 0.15) is 18.4 Å². The fraction of sp³-hybridized carbons (Fsp3) is 0.333. The van der Waals surface area contributed by atoms with E-state index in [-0.39, 0.29) is 5.82 Å². The Hall–Kier alpha value is -1.01. The van der Waals surface area contributed by atoms with Crippen molar-refractivity contribution in [3.8, 4) is 12.3 Å². The number of anilines is 1. The SMILES string of the molecule is C#CCCCNc1cc(F)c(Br)cc1C. The van der Waals surface area contributed by atoms with Crippen LogP contribution in [-0.2, 0) is 0 Å². The number of halogens is 2. The Labute approximate surface area is 98.2 Å². The summed E-state index contributed by atoms with van der Waals surface area (Å²) in [6, 6.07) is 3.26. The molecule has 1 aromatic carbocycles. The van der Waals surface area contributed by atoms with E-state index in [1.165, 1.54) is 6.07 Å². The van der Waals surface area contributed by atoms with Crippen molar-refractivity contribution in [2.75, 3.05) is 11.9 Å². The van der Waals surface area contributed by atoms with Crippen LogP contribution in [0, 0.1) is 25.1 Å². The highest BCUT2D eigenvalue weighted by Crippen LogP contribution is 2.23. The summed E-state index contributed by atoms with van der Waals surface area (Å²) in [6.07, 6.45) is 6.78. The lowest BCUT2D eigenvalue weighted by atomic mass is 10.2. The van der Waals surface area contributed by atoms with Gasteiger partial charge >= 0.3 is 0 Å². The van der Waals surface area contributed by atoms with Gasteiger partial charge in [0.2, 0.25) is 0 Å². The zero-order valence-electron chi connectivity index (χ0n) is 8.61. The second-order valence-electron chi connectivity index (χ2n) is 3.32. The van der Waals surface area contributed by atoms with Crippen molar-refractivity contribution in [1.29, 1.82) is 0 Å². The monoisotopic (exact) mass is 269 g/mol. The lowest BCUT2D eigenvalue weighted by molar-refractivity contribution is 0.621. The zero-order valence-corrected chi connectivity index (χ0v) is 10.2. The van der Waals surface area contributed by atoms with Gasteiger partial charge in [0.05, 0.1) is 4.47 Å². The van der Waals surface area contributed by atoms with E-state index in [4.69, 9.17) is 6.42 Å². The third-order valence-electron chi connectivity index (χ3n) is 2.08. The first-order valence-electron chi connectivity index (χ1n) is 4.78. The number of nitrogens with one attached hydrogen (secondary N) is 1. The van der Waals surface area contributed by atoms with Gasteiger partial charge in [0, 0.05) is 18.7 Å². The van der Waals surface area contributed by atoms with Gasteiger partial charge in [-0.3, -0.25) is 0 Å². The zero-order chi connectivity index (χ0) is 11.3. The van der Waals surface area contributed by atoms with Crippen LogP contribution >= 0.6 is 15.9 Å². The quantitative estimate of drug-likeness (QED) is 0.649. The molecule has 0 saturated heterocycles. The molecular weight excluding hydrogens is 257 g/mol. The number of aryl methyl sites for hydroxylation is 1. The molecule has 0 atom stereocenters. The predicted molar refractivity (Wildman–Crippen MR) is 65.4 cm³/mol. The molecule has 0 amide bonds. The number of benzene rings is 1. The maximum atomic E-state index is 13.2. The fourth-order valence-corrected chi connectivity index (χ4v) is 1.71. The van der Waals surface area contributed by atoms with Gasteiger partial charge in [-0.05, 0) is 47.0 Å². The first-order valence-corrected chi connectivity index (χ1v) is 5.57. The maximum Gasteiger partial charge on any atom is 0.139 e. The Kier molecular flexibility index (Phi) is 4.64. The smallest absolute Gasteiger partial charge is 0.139 e. The van der Waals surface area contributed by atoms with Crippen LogP contribution in [0.5, 0.6) is 0 Å². The summed E-state index contributed by atoms with van der Waals surface area (Å²) in [5.74, 6) is 2.32. The van der Waals surface area contributed by atoms with E-state index < -0.39 is 0 Å². The molecule has 1 aromatic rings. The van der Waals surface area contributed by atoms with E-state index in [9.17, 15) is 4.39 Å². The van der Waals surface area contributed by atoms with E-state index in [1.807, 2.05) is 6.92 Å². The molecule has 0 aliphatic heterocycles. The second-order valence-corrected chi connectivity index (χ2v) is 4.17. The summed E-state index contributed by atoms with van der Waals surface area (Å²) >= 11 is 3.14. The number of hydrogen-bond acceptors (Lipinski definition) is 1. The van der Waals surface area contributed by atoms with Gasteiger partial charge in [-0.2, -0.15) is 0 Å². The third kappa shape index (κ3) is 3.56. The molecule has 1 nitrogen and oxygen atoms in total. The first kappa shape index (κ1) is 12.1. The van der Waals surface area contributed by atoms with Gasteiger partial charge in [-0.1, -0.05) is 0 Å². The Morgan fingerprint density at radius 3 is 2.93 bits per heavy atom. The van der Waals surface area contributed by atoms with Crippen LogP contribution in [0.25, 0.3) is 0 Å². The topological polar surface area (TPSA) is 12.0 Å². The Balaban J connectivity index is 2.62. The average Bonchev–Trinajstić information content (AvgIpc) is 2.20. The summed E-state index contributed by atoms with van der Waals surface area (Å²) in [5.41, 5.74) is 1.84. The summed E-state index contributed by atoms with van der Waals surface area (Å²) in [7, 11) is 0. The first-order chi connectivity index (χ1) is 7.15. The number of hydrogen-bond donors (Lipinski definition) is 1. The minimum absolute atomic E-state index is 0.250. The maximum absolute atomic E-state index is 13.2. The van der Waals surface area contributed by atoms with Gasteiger partial charge < -0.3 is 5.32 Å². The minimum Gasteiger partial charge on any atom is -0.385 e. The number of unbranched alkanes of at least 4 members (excludes halogenated alkanes) is 1. The highest BCUT2D eigenvalue weighted by molar-refractivity contribution is 9.10. The normalized spacial score (nSPS) is 9.73. The molecule has 0 heterocycles. The molecule has 0 saturated carbocycles. The van der Waals surface area contributed by atoms with Gasteiger partial charge in [0.25, 0.3) is 0 Å². The molecule has 0 fully saturated rings. The largest absolute Gasteiger partial charge is 0.385 e. The summed E-state index contributed by atoms with van der Waals surface area (Å²) < 4.78 is 13.7. The fourth-order valence-electron chi connectivity index (χ4n) is 1.25. The minimum atomic E-state index is -0.250. The second kappa shape index (κ2) is 5.77. The number of rotatable bonds is 4. The molecule has 0 aromatic heterocycles. The van der Waals surface area contributed by atoms with E-state index in [2.05, 4.69) is 27.2 Å². The van der Waals surface area contributed by atoms with Crippen molar-refractivity contribution in [1.82, 2.24) is 0 Å². The van der Waals surface area contributed by atoms with E-state index >= 15 is 0 Å². The highest BCUT2D eigenvalue weighted by Gasteiger charge is 2.04. The summed E-state index contributed by atoms with van der Waals surface area (Å²) in [5, 5.41) is 3.16. The molecule has 1 rings (SSSR count). The molecule has 0 unspecified atom stereocenters. The summed E-state index contributed by atoms with van der Waals surface area (Å²) in [6.45, 7) is 2.71. The van der Waals surface area contributed by atoms with Gasteiger partial charge in [0.1, 0.15) is 5.82 Å². The molecule has 0 aliphatic rings.